The molecule has 0 aromatic heterocycles. The van der Waals surface area contributed by atoms with Crippen molar-refractivity contribution in [3.8, 4) is 11.5 Å². The average Bonchev–Trinajstić information content (AvgIpc) is 2.97. The molecule has 0 saturated carbocycles. The van der Waals surface area contributed by atoms with Gasteiger partial charge in [-0.15, -0.1) is 0 Å². The Labute approximate surface area is 124 Å². The fourth-order valence-electron chi connectivity index (χ4n) is 2.44. The van der Waals surface area contributed by atoms with E-state index in [4.69, 9.17) is 14.2 Å². The maximum absolute atomic E-state index is 12.4. The molecule has 1 aliphatic rings. The summed E-state index contributed by atoms with van der Waals surface area (Å²) < 4.78 is 15.9. The van der Waals surface area contributed by atoms with Crippen molar-refractivity contribution >= 4 is 11.6 Å². The summed E-state index contributed by atoms with van der Waals surface area (Å²) >= 11 is 0. The molecule has 116 valence electrons. The van der Waals surface area contributed by atoms with E-state index in [9.17, 15) is 4.79 Å². The van der Waals surface area contributed by atoms with Gasteiger partial charge in [-0.1, -0.05) is 0 Å². The molecule has 0 aliphatic carbocycles. The van der Waals surface area contributed by atoms with Crippen LogP contribution in [0.15, 0.2) is 12.1 Å². The second-order valence-electron chi connectivity index (χ2n) is 5.05. The normalized spacial score (nSPS) is 21.1. The number of rotatable bonds is 5. The molecule has 0 bridgehead atoms. The predicted octanol–water partition coefficient (Wildman–Crippen LogP) is 1.19. The number of nitrogens with one attached hydrogen (secondary N) is 2. The maximum Gasteiger partial charge on any atom is 0.231 e. The quantitative estimate of drug-likeness (QED) is 0.853. The van der Waals surface area contributed by atoms with Gasteiger partial charge < -0.3 is 24.8 Å². The first-order chi connectivity index (χ1) is 10.1. The molecule has 1 amide bonds. The average molecular weight is 294 g/mol. The summed E-state index contributed by atoms with van der Waals surface area (Å²) in [4.78, 5) is 12.4. The van der Waals surface area contributed by atoms with Gasteiger partial charge >= 0.3 is 0 Å². The van der Waals surface area contributed by atoms with Crippen LogP contribution in [0.5, 0.6) is 11.5 Å². The van der Waals surface area contributed by atoms with Crippen molar-refractivity contribution in [2.24, 2.45) is 5.92 Å². The Kier molecular flexibility index (Phi) is 5.03. The van der Waals surface area contributed by atoms with Gasteiger partial charge in [0.05, 0.1) is 33.4 Å². The topological polar surface area (TPSA) is 68.8 Å². The number of benzene rings is 1. The molecule has 2 unspecified atom stereocenters. The van der Waals surface area contributed by atoms with E-state index in [2.05, 4.69) is 10.6 Å². The van der Waals surface area contributed by atoms with Crippen molar-refractivity contribution in [2.45, 2.75) is 13.0 Å². The molecule has 2 N–H and O–H groups in total. The zero-order valence-corrected chi connectivity index (χ0v) is 12.9. The minimum atomic E-state index is -0.192. The van der Waals surface area contributed by atoms with E-state index in [1.54, 1.807) is 20.3 Å². The summed E-state index contributed by atoms with van der Waals surface area (Å²) in [5, 5.41) is 6.05. The van der Waals surface area contributed by atoms with Crippen molar-refractivity contribution in [2.75, 3.05) is 39.8 Å². The van der Waals surface area contributed by atoms with Crippen molar-refractivity contribution in [1.29, 1.82) is 0 Å². The van der Waals surface area contributed by atoms with Gasteiger partial charge in [-0.25, -0.2) is 0 Å². The minimum Gasteiger partial charge on any atom is -0.493 e. The third-order valence-corrected chi connectivity index (χ3v) is 3.78. The van der Waals surface area contributed by atoms with Gasteiger partial charge in [-0.3, -0.25) is 4.79 Å². The summed E-state index contributed by atoms with van der Waals surface area (Å²) in [7, 11) is 4.99. The van der Waals surface area contributed by atoms with Gasteiger partial charge in [0.25, 0.3) is 0 Å². The Morgan fingerprint density at radius 1 is 1.24 bits per heavy atom. The van der Waals surface area contributed by atoms with Crippen molar-refractivity contribution in [1.82, 2.24) is 5.32 Å². The lowest BCUT2D eigenvalue weighted by Gasteiger charge is -2.18. The largest absolute Gasteiger partial charge is 0.493 e. The Hall–Kier alpha value is -1.79. The first kappa shape index (κ1) is 15.6. The Morgan fingerprint density at radius 3 is 2.52 bits per heavy atom. The zero-order valence-electron chi connectivity index (χ0n) is 12.9. The Bertz CT molecular complexity index is 519. The van der Waals surface area contributed by atoms with Crippen LogP contribution >= 0.6 is 0 Å². The predicted molar refractivity (Wildman–Crippen MR) is 80.1 cm³/mol. The molecule has 1 heterocycles. The highest BCUT2D eigenvalue weighted by atomic mass is 16.5. The number of ether oxygens (including phenoxy) is 3. The van der Waals surface area contributed by atoms with Crippen molar-refractivity contribution < 1.29 is 19.0 Å². The second-order valence-corrected chi connectivity index (χ2v) is 5.05. The van der Waals surface area contributed by atoms with Gasteiger partial charge in [-0.2, -0.15) is 0 Å². The van der Waals surface area contributed by atoms with E-state index >= 15 is 0 Å². The molecule has 1 aromatic rings. The molecular formula is C15H22N2O4. The van der Waals surface area contributed by atoms with Gasteiger partial charge in [0.1, 0.15) is 0 Å². The van der Waals surface area contributed by atoms with Crippen LogP contribution in [0.1, 0.15) is 5.56 Å². The fourth-order valence-corrected chi connectivity index (χ4v) is 2.44. The third-order valence-electron chi connectivity index (χ3n) is 3.78. The lowest BCUT2D eigenvalue weighted by molar-refractivity contribution is -0.120. The van der Waals surface area contributed by atoms with Gasteiger partial charge in [0.15, 0.2) is 11.5 Å². The lowest BCUT2D eigenvalue weighted by Crippen LogP contribution is -2.39. The molecule has 21 heavy (non-hydrogen) atoms. The summed E-state index contributed by atoms with van der Waals surface area (Å²) in [5.41, 5.74) is 1.64. The van der Waals surface area contributed by atoms with E-state index in [1.165, 1.54) is 0 Å². The first-order valence-electron chi connectivity index (χ1n) is 6.89. The Morgan fingerprint density at radius 2 is 1.90 bits per heavy atom. The number of carbonyl (C=O) groups excluding carboxylic acids is 1. The van der Waals surface area contributed by atoms with Gasteiger partial charge in [0, 0.05) is 17.8 Å². The molecule has 0 spiro atoms. The van der Waals surface area contributed by atoms with Crippen molar-refractivity contribution in [3.05, 3.63) is 17.7 Å². The van der Waals surface area contributed by atoms with E-state index < -0.39 is 0 Å². The molecule has 1 fully saturated rings. The smallest absolute Gasteiger partial charge is 0.231 e. The summed E-state index contributed by atoms with van der Waals surface area (Å²) in [6, 6.07) is 3.66. The SMILES string of the molecule is CNC1COCC1C(=O)Nc1cc(OC)c(OC)cc1C. The van der Waals surface area contributed by atoms with Crippen LogP contribution < -0.4 is 20.1 Å². The maximum atomic E-state index is 12.4. The minimum absolute atomic E-state index is 0.0467. The molecule has 1 aromatic carbocycles. The van der Waals surface area contributed by atoms with Crippen LogP contribution in [0.25, 0.3) is 0 Å². The molecule has 0 radical (unpaired) electrons. The molecule has 6 heteroatoms. The van der Waals surface area contributed by atoms with Crippen LogP contribution in [0.4, 0.5) is 5.69 Å². The summed E-state index contributed by atoms with van der Waals surface area (Å²) in [6.07, 6.45) is 0. The van der Waals surface area contributed by atoms with Crippen LogP contribution in [-0.2, 0) is 9.53 Å². The monoisotopic (exact) mass is 294 g/mol. The van der Waals surface area contributed by atoms with Crippen molar-refractivity contribution in [3.63, 3.8) is 0 Å². The summed E-state index contributed by atoms with van der Waals surface area (Å²) in [5.74, 6) is 0.987. The lowest BCUT2D eigenvalue weighted by atomic mass is 10.0. The van der Waals surface area contributed by atoms with Gasteiger partial charge in [0.2, 0.25) is 5.91 Å². The van der Waals surface area contributed by atoms with Crippen LogP contribution in [-0.4, -0.2) is 46.4 Å². The van der Waals surface area contributed by atoms with E-state index in [0.717, 1.165) is 11.3 Å². The molecule has 1 saturated heterocycles. The number of hydrogen-bond acceptors (Lipinski definition) is 5. The number of methoxy groups -OCH3 is 2. The number of anilines is 1. The molecule has 2 rings (SSSR count). The Balaban J connectivity index is 2.17. The van der Waals surface area contributed by atoms with Crippen LogP contribution in [0.2, 0.25) is 0 Å². The molecular weight excluding hydrogens is 272 g/mol. The molecule has 6 nitrogen and oxygen atoms in total. The van der Waals surface area contributed by atoms with Crippen LogP contribution in [0.3, 0.4) is 0 Å². The highest BCUT2D eigenvalue weighted by molar-refractivity contribution is 5.94. The number of likely N-dealkylation sites (N-methyl/N-ethyl adjacent to an activating group) is 1. The third kappa shape index (κ3) is 3.28. The number of carbonyl (C=O) groups is 1. The standard InChI is InChI=1S/C15H22N2O4/c1-9-5-13(19-3)14(20-4)6-11(9)17-15(18)10-7-21-8-12(10)16-2/h5-6,10,12,16H,7-8H2,1-4H3,(H,17,18). The van der Waals surface area contributed by atoms with E-state index in [1.807, 2.05) is 20.0 Å². The second kappa shape index (κ2) is 6.78. The van der Waals surface area contributed by atoms with Gasteiger partial charge in [-0.05, 0) is 25.6 Å². The summed E-state index contributed by atoms with van der Waals surface area (Å²) in [6.45, 7) is 2.90. The number of aryl methyl sites for hydroxylation is 1. The highest BCUT2D eigenvalue weighted by Crippen LogP contribution is 2.33. The highest BCUT2D eigenvalue weighted by Gasteiger charge is 2.33. The van der Waals surface area contributed by atoms with E-state index in [0.29, 0.717) is 24.7 Å². The molecule has 2 atom stereocenters. The van der Waals surface area contributed by atoms with Crippen LogP contribution in [0, 0.1) is 12.8 Å². The first-order valence-corrected chi connectivity index (χ1v) is 6.89. The number of amides is 1. The molecule has 1 aliphatic heterocycles. The fraction of sp³-hybridized carbons (Fsp3) is 0.533. The van der Waals surface area contributed by atoms with E-state index in [-0.39, 0.29) is 17.9 Å². The zero-order chi connectivity index (χ0) is 15.4. The number of hydrogen-bond donors (Lipinski definition) is 2.